The molecule has 0 aromatic carbocycles. The molecular weight excluding hydrogens is 178 g/mol. The fourth-order valence-corrected chi connectivity index (χ4v) is 1.05. The van der Waals surface area contributed by atoms with Crippen LogP contribution in [0.3, 0.4) is 0 Å². The molecular formula is C10H23N3O. The molecule has 0 aromatic heterocycles. The van der Waals surface area contributed by atoms with Gasteiger partial charge in [-0.15, -0.1) is 0 Å². The Hall–Kier alpha value is -0.770. The van der Waals surface area contributed by atoms with Crippen molar-refractivity contribution in [2.45, 2.75) is 45.7 Å². The van der Waals surface area contributed by atoms with E-state index in [9.17, 15) is 0 Å². The van der Waals surface area contributed by atoms with Gasteiger partial charge in [-0.2, -0.15) is 0 Å². The zero-order valence-electron chi connectivity index (χ0n) is 9.92. The van der Waals surface area contributed by atoms with E-state index in [0.717, 1.165) is 6.42 Å². The van der Waals surface area contributed by atoms with Gasteiger partial charge >= 0.3 is 0 Å². The molecule has 0 rings (SSSR count). The standard InChI is InChI=1S/C10H23N3O/c1-6-8(7-14-5)12-9(11)13-10(2,3)4/h8H,6-7H2,1-5H3,(H3,11,12,13). The lowest BCUT2D eigenvalue weighted by atomic mass is 10.1. The van der Waals surface area contributed by atoms with Crippen molar-refractivity contribution in [2.24, 2.45) is 10.7 Å². The number of nitrogens with two attached hydrogens (primary N) is 1. The van der Waals surface area contributed by atoms with E-state index in [4.69, 9.17) is 10.5 Å². The van der Waals surface area contributed by atoms with Gasteiger partial charge in [0.2, 0.25) is 0 Å². The molecule has 0 aromatic rings. The highest BCUT2D eigenvalue weighted by molar-refractivity contribution is 5.78. The molecule has 14 heavy (non-hydrogen) atoms. The molecule has 0 fully saturated rings. The van der Waals surface area contributed by atoms with Gasteiger partial charge in [-0.25, -0.2) is 4.99 Å². The summed E-state index contributed by atoms with van der Waals surface area (Å²) in [5.41, 5.74) is 5.71. The fraction of sp³-hybridized carbons (Fsp3) is 0.900. The van der Waals surface area contributed by atoms with E-state index in [0.29, 0.717) is 12.6 Å². The van der Waals surface area contributed by atoms with Crippen LogP contribution >= 0.6 is 0 Å². The monoisotopic (exact) mass is 201 g/mol. The number of nitrogens with one attached hydrogen (secondary N) is 1. The summed E-state index contributed by atoms with van der Waals surface area (Å²) in [5.74, 6) is 0.487. The van der Waals surface area contributed by atoms with Crippen molar-refractivity contribution >= 4 is 5.96 Å². The molecule has 0 amide bonds. The number of nitrogens with zero attached hydrogens (tertiary/aromatic N) is 1. The number of methoxy groups -OCH3 is 1. The lowest BCUT2D eigenvalue weighted by Crippen LogP contribution is -2.45. The molecule has 84 valence electrons. The predicted octanol–water partition coefficient (Wildman–Crippen LogP) is 1.11. The van der Waals surface area contributed by atoms with Gasteiger partial charge in [0, 0.05) is 12.6 Å². The average molecular weight is 201 g/mol. The summed E-state index contributed by atoms with van der Waals surface area (Å²) in [6.45, 7) is 8.83. The summed E-state index contributed by atoms with van der Waals surface area (Å²) in [4.78, 5) is 4.33. The van der Waals surface area contributed by atoms with Gasteiger partial charge in [-0.1, -0.05) is 6.92 Å². The molecule has 0 spiro atoms. The Balaban J connectivity index is 4.18. The summed E-state index contributed by atoms with van der Waals surface area (Å²) >= 11 is 0. The van der Waals surface area contributed by atoms with Crippen LogP contribution in [0.1, 0.15) is 34.1 Å². The van der Waals surface area contributed by atoms with Gasteiger partial charge < -0.3 is 15.8 Å². The zero-order valence-corrected chi connectivity index (χ0v) is 9.92. The maximum Gasteiger partial charge on any atom is 0.189 e. The molecule has 0 aliphatic heterocycles. The van der Waals surface area contributed by atoms with Gasteiger partial charge in [0.15, 0.2) is 5.96 Å². The van der Waals surface area contributed by atoms with E-state index in [1.807, 2.05) is 20.8 Å². The van der Waals surface area contributed by atoms with Crippen LogP contribution in [0.15, 0.2) is 4.99 Å². The van der Waals surface area contributed by atoms with E-state index in [2.05, 4.69) is 17.2 Å². The topological polar surface area (TPSA) is 59.6 Å². The highest BCUT2D eigenvalue weighted by Gasteiger charge is 2.11. The second-order valence-electron chi connectivity index (χ2n) is 4.41. The van der Waals surface area contributed by atoms with Gasteiger partial charge in [0.1, 0.15) is 0 Å². The Morgan fingerprint density at radius 3 is 2.43 bits per heavy atom. The van der Waals surface area contributed by atoms with Crippen LogP contribution in [0.2, 0.25) is 0 Å². The highest BCUT2D eigenvalue weighted by atomic mass is 16.5. The predicted molar refractivity (Wildman–Crippen MR) is 60.5 cm³/mol. The summed E-state index contributed by atoms with van der Waals surface area (Å²) in [6, 6.07) is 0.148. The minimum absolute atomic E-state index is 0.0427. The first-order valence-corrected chi connectivity index (χ1v) is 4.99. The molecule has 0 heterocycles. The molecule has 0 saturated carbocycles. The van der Waals surface area contributed by atoms with Crippen LogP contribution in [0.25, 0.3) is 0 Å². The number of ether oxygens (including phenoxy) is 1. The second-order valence-corrected chi connectivity index (χ2v) is 4.41. The first kappa shape index (κ1) is 13.2. The molecule has 1 unspecified atom stereocenters. The van der Waals surface area contributed by atoms with Crippen molar-refractivity contribution in [2.75, 3.05) is 13.7 Å². The Morgan fingerprint density at radius 1 is 1.50 bits per heavy atom. The zero-order chi connectivity index (χ0) is 11.2. The summed E-state index contributed by atoms with van der Waals surface area (Å²) in [7, 11) is 1.67. The summed E-state index contributed by atoms with van der Waals surface area (Å²) in [6.07, 6.45) is 0.931. The quantitative estimate of drug-likeness (QED) is 0.529. The molecule has 4 heteroatoms. The van der Waals surface area contributed by atoms with Crippen molar-refractivity contribution < 1.29 is 4.74 Å². The SMILES string of the molecule is CCC(COC)N=C(N)NC(C)(C)C. The molecule has 0 radical (unpaired) electrons. The number of hydrogen-bond acceptors (Lipinski definition) is 2. The second kappa shape index (κ2) is 5.86. The van der Waals surface area contributed by atoms with Crippen molar-refractivity contribution in [3.63, 3.8) is 0 Å². The van der Waals surface area contributed by atoms with Crippen LogP contribution in [-0.2, 0) is 4.74 Å². The van der Waals surface area contributed by atoms with Crippen LogP contribution in [0.5, 0.6) is 0 Å². The third kappa shape index (κ3) is 6.71. The molecule has 0 bridgehead atoms. The van der Waals surface area contributed by atoms with Crippen molar-refractivity contribution in [1.29, 1.82) is 0 Å². The fourth-order valence-electron chi connectivity index (χ4n) is 1.05. The van der Waals surface area contributed by atoms with Gasteiger partial charge in [-0.3, -0.25) is 0 Å². The third-order valence-corrected chi connectivity index (χ3v) is 1.66. The smallest absolute Gasteiger partial charge is 0.189 e. The average Bonchev–Trinajstić information content (AvgIpc) is 2.00. The first-order chi connectivity index (χ1) is 6.39. The Morgan fingerprint density at radius 2 is 2.07 bits per heavy atom. The van der Waals surface area contributed by atoms with E-state index in [1.54, 1.807) is 7.11 Å². The largest absolute Gasteiger partial charge is 0.382 e. The minimum atomic E-state index is -0.0427. The van der Waals surface area contributed by atoms with Gasteiger partial charge in [0.25, 0.3) is 0 Å². The van der Waals surface area contributed by atoms with E-state index >= 15 is 0 Å². The Bertz CT molecular complexity index is 184. The molecule has 1 atom stereocenters. The Labute approximate surface area is 86.9 Å². The van der Waals surface area contributed by atoms with Gasteiger partial charge in [0.05, 0.1) is 12.6 Å². The number of rotatable bonds is 4. The van der Waals surface area contributed by atoms with Crippen molar-refractivity contribution in [3.8, 4) is 0 Å². The molecule has 4 nitrogen and oxygen atoms in total. The minimum Gasteiger partial charge on any atom is -0.382 e. The normalized spacial score (nSPS) is 15.4. The number of aliphatic imine (C=N–C) groups is 1. The van der Waals surface area contributed by atoms with E-state index in [-0.39, 0.29) is 11.6 Å². The summed E-state index contributed by atoms with van der Waals surface area (Å²) < 4.78 is 5.04. The highest BCUT2D eigenvalue weighted by Crippen LogP contribution is 2.00. The maximum absolute atomic E-state index is 5.75. The molecule has 0 saturated heterocycles. The van der Waals surface area contributed by atoms with Gasteiger partial charge in [-0.05, 0) is 27.2 Å². The van der Waals surface area contributed by atoms with Crippen LogP contribution < -0.4 is 11.1 Å². The van der Waals surface area contributed by atoms with Crippen LogP contribution in [0, 0.1) is 0 Å². The molecule has 0 aliphatic carbocycles. The van der Waals surface area contributed by atoms with Crippen molar-refractivity contribution in [1.82, 2.24) is 5.32 Å². The van der Waals surface area contributed by atoms with E-state index in [1.165, 1.54) is 0 Å². The van der Waals surface area contributed by atoms with Crippen LogP contribution in [-0.4, -0.2) is 31.3 Å². The first-order valence-electron chi connectivity index (χ1n) is 4.99. The number of hydrogen-bond donors (Lipinski definition) is 2. The molecule has 3 N–H and O–H groups in total. The molecule has 0 aliphatic rings. The Kier molecular flexibility index (Phi) is 5.53. The number of guanidine groups is 1. The van der Waals surface area contributed by atoms with E-state index < -0.39 is 0 Å². The summed E-state index contributed by atoms with van der Waals surface area (Å²) in [5, 5.41) is 3.11. The maximum atomic E-state index is 5.75. The van der Waals surface area contributed by atoms with Crippen molar-refractivity contribution in [3.05, 3.63) is 0 Å². The lowest BCUT2D eigenvalue weighted by molar-refractivity contribution is 0.179. The van der Waals surface area contributed by atoms with Crippen LogP contribution in [0.4, 0.5) is 0 Å². The third-order valence-electron chi connectivity index (χ3n) is 1.66. The lowest BCUT2D eigenvalue weighted by Gasteiger charge is -2.22.